The summed E-state index contributed by atoms with van der Waals surface area (Å²) in [7, 11) is 0. The maximum Gasteiger partial charge on any atom is 0.227 e. The van der Waals surface area contributed by atoms with Crippen molar-refractivity contribution in [1.29, 1.82) is 0 Å². The van der Waals surface area contributed by atoms with E-state index in [2.05, 4.69) is 164 Å². The molecule has 0 fully saturated rings. The van der Waals surface area contributed by atoms with Gasteiger partial charge in [0.1, 0.15) is 5.52 Å². The summed E-state index contributed by atoms with van der Waals surface area (Å²) in [5.74, 6) is 0.636. The average molecular weight is 681 g/mol. The highest BCUT2D eigenvalue weighted by molar-refractivity contribution is 6.09. The Morgan fingerprint density at radius 3 is 1.87 bits per heavy atom. The van der Waals surface area contributed by atoms with Crippen molar-refractivity contribution in [1.82, 2.24) is 4.98 Å². The number of hydrogen-bond acceptors (Lipinski definition) is 3. The van der Waals surface area contributed by atoms with Gasteiger partial charge in [-0.2, -0.15) is 0 Å². The number of aromatic nitrogens is 1. The van der Waals surface area contributed by atoms with Gasteiger partial charge in [-0.3, -0.25) is 0 Å². The van der Waals surface area contributed by atoms with E-state index in [1.165, 1.54) is 33.4 Å². The number of fused-ring (bicyclic) bond motifs is 6. The lowest BCUT2D eigenvalue weighted by atomic mass is 9.82. The second kappa shape index (κ2) is 12.2. The van der Waals surface area contributed by atoms with Crippen LogP contribution >= 0.6 is 0 Å². The summed E-state index contributed by atoms with van der Waals surface area (Å²) in [6.07, 6.45) is 0. The zero-order valence-electron chi connectivity index (χ0n) is 29.6. The molecule has 0 spiro atoms. The summed E-state index contributed by atoms with van der Waals surface area (Å²) in [4.78, 5) is 7.37. The van der Waals surface area contributed by atoms with Gasteiger partial charge >= 0.3 is 0 Å². The van der Waals surface area contributed by atoms with Gasteiger partial charge in [0.25, 0.3) is 0 Å². The van der Waals surface area contributed by atoms with Crippen molar-refractivity contribution in [2.24, 2.45) is 0 Å². The minimum Gasteiger partial charge on any atom is -0.436 e. The van der Waals surface area contributed by atoms with Crippen LogP contribution < -0.4 is 4.90 Å². The molecular weight excluding hydrogens is 645 g/mol. The molecule has 0 saturated heterocycles. The van der Waals surface area contributed by atoms with Gasteiger partial charge in [0.2, 0.25) is 5.89 Å². The molecule has 0 unspecified atom stereocenters. The molecular formula is C50H36N2O. The number of benzene rings is 8. The van der Waals surface area contributed by atoms with Crippen LogP contribution in [0.1, 0.15) is 25.0 Å². The number of hydrogen-bond donors (Lipinski definition) is 0. The van der Waals surface area contributed by atoms with E-state index in [1.54, 1.807) is 0 Å². The molecule has 1 aliphatic rings. The normalized spacial score (nSPS) is 12.9. The lowest BCUT2D eigenvalue weighted by Gasteiger charge is -2.29. The van der Waals surface area contributed by atoms with Gasteiger partial charge in [-0.05, 0) is 98.9 Å². The Kier molecular flexibility index (Phi) is 7.16. The third-order valence-corrected chi connectivity index (χ3v) is 10.9. The van der Waals surface area contributed by atoms with Crippen LogP contribution in [0.5, 0.6) is 0 Å². The smallest absolute Gasteiger partial charge is 0.227 e. The summed E-state index contributed by atoms with van der Waals surface area (Å²) >= 11 is 0. The summed E-state index contributed by atoms with van der Waals surface area (Å²) in [5.41, 5.74) is 15.9. The number of rotatable bonds is 6. The van der Waals surface area contributed by atoms with Crippen molar-refractivity contribution in [3.05, 3.63) is 193 Å². The van der Waals surface area contributed by atoms with Crippen molar-refractivity contribution in [2.45, 2.75) is 19.3 Å². The fraction of sp³-hybridized carbons (Fsp3) is 0.0600. The monoisotopic (exact) mass is 680 g/mol. The maximum atomic E-state index is 6.22. The molecule has 3 nitrogen and oxygen atoms in total. The van der Waals surface area contributed by atoms with Crippen LogP contribution in [0.4, 0.5) is 17.1 Å². The van der Waals surface area contributed by atoms with Gasteiger partial charge in [-0.15, -0.1) is 0 Å². The van der Waals surface area contributed by atoms with Crippen LogP contribution in [0.3, 0.4) is 0 Å². The first-order valence-corrected chi connectivity index (χ1v) is 18.2. The molecule has 10 rings (SSSR count). The Bertz CT molecular complexity index is 2800. The van der Waals surface area contributed by atoms with Gasteiger partial charge in [0, 0.05) is 33.3 Å². The average Bonchev–Trinajstić information content (AvgIpc) is 3.76. The Hall–Kier alpha value is -6.71. The predicted molar refractivity (Wildman–Crippen MR) is 220 cm³/mol. The molecule has 0 amide bonds. The van der Waals surface area contributed by atoms with Gasteiger partial charge < -0.3 is 9.32 Å². The van der Waals surface area contributed by atoms with Crippen LogP contribution in [-0.4, -0.2) is 4.98 Å². The molecule has 1 aliphatic carbocycles. The van der Waals surface area contributed by atoms with Crippen LogP contribution in [0.25, 0.3) is 66.7 Å². The fourth-order valence-electron chi connectivity index (χ4n) is 8.30. The van der Waals surface area contributed by atoms with Gasteiger partial charge in [-0.25, -0.2) is 4.98 Å². The van der Waals surface area contributed by atoms with Gasteiger partial charge in [0.05, 0.1) is 5.69 Å². The first-order valence-electron chi connectivity index (χ1n) is 18.2. The first-order chi connectivity index (χ1) is 26.0. The molecule has 1 aromatic heterocycles. The van der Waals surface area contributed by atoms with Crippen molar-refractivity contribution in [3.63, 3.8) is 0 Å². The highest BCUT2D eigenvalue weighted by atomic mass is 16.3. The van der Waals surface area contributed by atoms with E-state index in [1.807, 2.05) is 36.4 Å². The second-order valence-corrected chi connectivity index (χ2v) is 14.4. The third kappa shape index (κ3) is 5.08. The number of anilines is 3. The van der Waals surface area contributed by atoms with E-state index in [0.717, 1.165) is 55.6 Å². The van der Waals surface area contributed by atoms with Crippen molar-refractivity contribution in [3.8, 4) is 44.8 Å². The minimum absolute atomic E-state index is 0.0575. The molecule has 0 aliphatic heterocycles. The van der Waals surface area contributed by atoms with E-state index in [9.17, 15) is 0 Å². The highest BCUT2D eigenvalue weighted by Crippen LogP contribution is 2.51. The van der Waals surface area contributed by atoms with E-state index in [0.29, 0.717) is 5.89 Å². The summed E-state index contributed by atoms with van der Waals surface area (Å²) < 4.78 is 6.22. The molecule has 0 bridgehead atoms. The Labute approximate surface area is 309 Å². The Balaban J connectivity index is 1.11. The maximum absolute atomic E-state index is 6.22. The molecule has 1 heterocycles. The topological polar surface area (TPSA) is 29.3 Å². The summed E-state index contributed by atoms with van der Waals surface area (Å²) in [6, 6.07) is 65.0. The fourth-order valence-corrected chi connectivity index (χ4v) is 8.30. The van der Waals surface area contributed by atoms with Crippen LogP contribution in [-0.2, 0) is 5.41 Å². The van der Waals surface area contributed by atoms with E-state index in [4.69, 9.17) is 9.40 Å². The van der Waals surface area contributed by atoms with E-state index >= 15 is 0 Å². The Morgan fingerprint density at radius 1 is 0.453 bits per heavy atom. The standard InChI is InChI=1S/C50H36N2O/c1-50(2)44-22-11-9-19-41(44)43-32-37(28-30-45(43)50)52(46-23-12-10-18-39(46)33-14-5-3-6-15-33)36-26-24-34(25-27-36)38-20-13-21-42-40(38)29-31-47-48(42)51-49(53-47)35-16-7-4-8-17-35/h3-32H,1-2H3. The minimum atomic E-state index is -0.0575. The van der Waals surface area contributed by atoms with E-state index < -0.39 is 0 Å². The molecule has 9 aromatic rings. The summed E-state index contributed by atoms with van der Waals surface area (Å²) in [6.45, 7) is 4.67. The predicted octanol–water partition coefficient (Wildman–Crippen LogP) is 13.8. The third-order valence-electron chi connectivity index (χ3n) is 10.9. The molecule has 0 saturated carbocycles. The molecule has 0 radical (unpaired) electrons. The highest BCUT2D eigenvalue weighted by Gasteiger charge is 2.35. The van der Waals surface area contributed by atoms with Crippen LogP contribution in [0.15, 0.2) is 186 Å². The number of oxazole rings is 1. The molecule has 0 N–H and O–H groups in total. The lowest BCUT2D eigenvalue weighted by Crippen LogP contribution is -2.15. The number of nitrogens with zero attached hydrogens (tertiary/aromatic N) is 2. The molecule has 8 aromatic carbocycles. The van der Waals surface area contributed by atoms with Crippen molar-refractivity contribution >= 4 is 38.9 Å². The van der Waals surface area contributed by atoms with E-state index in [-0.39, 0.29) is 5.41 Å². The lowest BCUT2D eigenvalue weighted by molar-refractivity contribution is 0.620. The largest absolute Gasteiger partial charge is 0.436 e. The zero-order valence-corrected chi connectivity index (χ0v) is 29.6. The van der Waals surface area contributed by atoms with Crippen molar-refractivity contribution < 1.29 is 4.42 Å². The zero-order chi connectivity index (χ0) is 35.5. The van der Waals surface area contributed by atoms with Gasteiger partial charge in [-0.1, -0.05) is 141 Å². The molecule has 3 heteroatoms. The summed E-state index contributed by atoms with van der Waals surface area (Å²) in [5, 5.41) is 2.22. The van der Waals surface area contributed by atoms with Crippen LogP contribution in [0, 0.1) is 0 Å². The molecule has 0 atom stereocenters. The number of para-hydroxylation sites is 1. The second-order valence-electron chi connectivity index (χ2n) is 14.4. The van der Waals surface area contributed by atoms with Crippen LogP contribution in [0.2, 0.25) is 0 Å². The van der Waals surface area contributed by atoms with Crippen molar-refractivity contribution in [2.75, 3.05) is 4.90 Å². The molecule has 252 valence electrons. The quantitative estimate of drug-likeness (QED) is 0.175. The molecule has 53 heavy (non-hydrogen) atoms. The SMILES string of the molecule is CC1(C)c2ccccc2-c2cc(N(c3ccc(-c4cccc5c4ccc4oc(-c6ccccc6)nc45)cc3)c3ccccc3-c3ccccc3)ccc21. The Morgan fingerprint density at radius 2 is 1.08 bits per heavy atom. The first kappa shape index (κ1) is 31.1. The van der Waals surface area contributed by atoms with Gasteiger partial charge in [0.15, 0.2) is 5.58 Å².